The highest BCUT2D eigenvalue weighted by molar-refractivity contribution is 7.88. The summed E-state index contributed by atoms with van der Waals surface area (Å²) in [5, 5.41) is 0. The summed E-state index contributed by atoms with van der Waals surface area (Å²) in [6, 6.07) is 20.1. The van der Waals surface area contributed by atoms with Crippen LogP contribution in [0.2, 0.25) is 0 Å². The van der Waals surface area contributed by atoms with Crippen molar-refractivity contribution >= 4 is 21.4 Å². The minimum absolute atomic E-state index is 0.419. The number of nitrogens with zero attached hydrogens (tertiary/aromatic N) is 2. The molecular weight excluding hydrogens is 344 g/mol. The number of hydrogen-bond donors (Lipinski definition) is 0. The fourth-order valence-electron chi connectivity index (χ4n) is 3.36. The largest absolute Gasteiger partial charge is 0.252 e. The Balaban J connectivity index is 1.80. The molecule has 0 saturated heterocycles. The molecule has 0 saturated carbocycles. The predicted octanol–water partition coefficient (Wildman–Crippen LogP) is 3.49. The van der Waals surface area contributed by atoms with Gasteiger partial charge in [0.1, 0.15) is 0 Å². The normalized spacial score (nSPS) is 18.2. The lowest BCUT2D eigenvalue weighted by molar-refractivity contribution is 0.487. The van der Waals surface area contributed by atoms with Crippen LogP contribution in [-0.2, 0) is 10.0 Å². The molecule has 26 heavy (non-hydrogen) atoms. The van der Waals surface area contributed by atoms with Crippen LogP contribution in [0.3, 0.4) is 0 Å². The van der Waals surface area contributed by atoms with Crippen LogP contribution in [0.5, 0.6) is 0 Å². The van der Waals surface area contributed by atoms with E-state index < -0.39 is 10.0 Å². The zero-order valence-electron chi connectivity index (χ0n) is 14.6. The zero-order valence-corrected chi connectivity index (χ0v) is 15.4. The Labute approximate surface area is 154 Å². The van der Waals surface area contributed by atoms with Crippen LogP contribution >= 0.6 is 0 Å². The molecule has 2 aromatic rings. The monoisotopic (exact) mass is 364 g/mol. The van der Waals surface area contributed by atoms with Gasteiger partial charge in [-0.05, 0) is 22.8 Å². The number of rotatable bonds is 3. The maximum atomic E-state index is 12.0. The van der Waals surface area contributed by atoms with E-state index in [1.165, 1.54) is 10.6 Å². The molecule has 132 valence electrons. The summed E-state index contributed by atoms with van der Waals surface area (Å²) in [4.78, 5) is 4.95. The first kappa shape index (κ1) is 16.9. The van der Waals surface area contributed by atoms with Gasteiger partial charge in [0.05, 0.1) is 17.7 Å². The van der Waals surface area contributed by atoms with Gasteiger partial charge in [0.2, 0.25) is 10.0 Å². The Morgan fingerprint density at radius 1 is 0.885 bits per heavy atom. The van der Waals surface area contributed by atoms with Crippen molar-refractivity contribution in [2.75, 3.05) is 19.3 Å². The summed E-state index contributed by atoms with van der Waals surface area (Å²) in [6.07, 6.45) is 3.98. The van der Waals surface area contributed by atoms with E-state index in [0.717, 1.165) is 33.7 Å². The summed E-state index contributed by atoms with van der Waals surface area (Å²) in [7, 11) is -3.21. The quantitative estimate of drug-likeness (QED) is 0.837. The molecule has 0 bridgehead atoms. The van der Waals surface area contributed by atoms with Crippen molar-refractivity contribution in [1.29, 1.82) is 0 Å². The van der Waals surface area contributed by atoms with Gasteiger partial charge in [-0.25, -0.2) is 8.42 Å². The Morgan fingerprint density at radius 2 is 1.50 bits per heavy atom. The van der Waals surface area contributed by atoms with Crippen molar-refractivity contribution in [2.45, 2.75) is 6.42 Å². The molecule has 0 unspecified atom stereocenters. The average molecular weight is 364 g/mol. The molecule has 2 aliphatic heterocycles. The molecule has 0 fully saturated rings. The van der Waals surface area contributed by atoms with Gasteiger partial charge in [-0.15, -0.1) is 0 Å². The zero-order chi connectivity index (χ0) is 18.1. The molecule has 5 heteroatoms. The maximum absolute atomic E-state index is 12.0. The van der Waals surface area contributed by atoms with Gasteiger partial charge in [-0.2, -0.15) is 4.31 Å². The van der Waals surface area contributed by atoms with E-state index >= 15 is 0 Å². The van der Waals surface area contributed by atoms with E-state index in [9.17, 15) is 8.42 Å². The second kappa shape index (κ2) is 6.67. The maximum Gasteiger partial charge on any atom is 0.211 e. The third-order valence-corrected chi connectivity index (χ3v) is 5.96. The van der Waals surface area contributed by atoms with Crippen LogP contribution in [0.25, 0.3) is 5.70 Å². The van der Waals surface area contributed by atoms with Gasteiger partial charge in [-0.1, -0.05) is 60.7 Å². The van der Waals surface area contributed by atoms with Crippen molar-refractivity contribution in [1.82, 2.24) is 4.31 Å². The smallest absolute Gasteiger partial charge is 0.211 e. The van der Waals surface area contributed by atoms with Crippen LogP contribution in [0, 0.1) is 0 Å². The molecule has 0 atom stereocenters. The highest BCUT2D eigenvalue weighted by Crippen LogP contribution is 2.32. The van der Waals surface area contributed by atoms with E-state index in [4.69, 9.17) is 4.99 Å². The van der Waals surface area contributed by atoms with Crippen molar-refractivity contribution in [3.63, 3.8) is 0 Å². The van der Waals surface area contributed by atoms with E-state index in [-0.39, 0.29) is 0 Å². The van der Waals surface area contributed by atoms with Gasteiger partial charge in [0, 0.05) is 25.1 Å². The van der Waals surface area contributed by atoms with Gasteiger partial charge >= 0.3 is 0 Å². The topological polar surface area (TPSA) is 49.7 Å². The van der Waals surface area contributed by atoms with Crippen LogP contribution in [0.1, 0.15) is 17.5 Å². The molecule has 4 rings (SSSR count). The molecule has 4 nitrogen and oxygen atoms in total. The number of aliphatic imine (C=N–C) groups is 1. The van der Waals surface area contributed by atoms with Crippen molar-refractivity contribution in [3.05, 3.63) is 89.0 Å². The Bertz CT molecular complexity index is 1020. The summed E-state index contributed by atoms with van der Waals surface area (Å²) < 4.78 is 25.6. The molecule has 0 aromatic heterocycles. The molecule has 0 spiro atoms. The van der Waals surface area contributed by atoms with Gasteiger partial charge < -0.3 is 0 Å². The summed E-state index contributed by atoms with van der Waals surface area (Å²) in [6.45, 7) is 0.862. The summed E-state index contributed by atoms with van der Waals surface area (Å²) in [5.41, 5.74) is 6.15. The Morgan fingerprint density at radius 3 is 2.12 bits per heavy atom. The lowest BCUT2D eigenvalue weighted by Gasteiger charge is -2.14. The predicted molar refractivity (Wildman–Crippen MR) is 105 cm³/mol. The Kier molecular flexibility index (Phi) is 4.34. The Hall–Kier alpha value is -2.50. The van der Waals surface area contributed by atoms with Crippen LogP contribution in [-0.4, -0.2) is 37.8 Å². The van der Waals surface area contributed by atoms with E-state index in [1.807, 2.05) is 54.6 Å². The summed E-state index contributed by atoms with van der Waals surface area (Å²) in [5.74, 6) is 0. The minimum atomic E-state index is -3.21. The molecule has 2 aliphatic rings. The standard InChI is InChI=1S/C21H20N2O2S/c1-26(24,25)23-14-18-12-20(16-8-4-2-5-9-16)22-21(13-19(18)15-23)17-10-6-3-7-11-17/h2-12H,13-15H2,1H3. The highest BCUT2D eigenvalue weighted by atomic mass is 32.2. The van der Waals surface area contributed by atoms with Crippen molar-refractivity contribution in [2.24, 2.45) is 4.99 Å². The summed E-state index contributed by atoms with van der Waals surface area (Å²) >= 11 is 0. The van der Waals surface area contributed by atoms with Crippen LogP contribution in [0.15, 0.2) is 82.9 Å². The first-order chi connectivity index (χ1) is 12.5. The van der Waals surface area contributed by atoms with E-state index in [2.05, 4.69) is 12.1 Å². The number of sulfonamides is 1. The van der Waals surface area contributed by atoms with Crippen molar-refractivity contribution in [3.8, 4) is 0 Å². The third-order valence-electron chi connectivity index (χ3n) is 4.76. The fourth-order valence-corrected chi connectivity index (χ4v) is 4.13. The lowest BCUT2D eigenvalue weighted by atomic mass is 10.0. The lowest BCUT2D eigenvalue weighted by Crippen LogP contribution is -2.28. The molecule has 0 radical (unpaired) electrons. The first-order valence-electron chi connectivity index (χ1n) is 8.57. The second-order valence-corrected chi connectivity index (χ2v) is 8.64. The SMILES string of the molecule is CS(=O)(=O)N1CC2=C(CC(c3ccccc3)=NC(c3ccccc3)=C2)C1. The average Bonchev–Trinajstić information content (AvgIpc) is 2.96. The number of hydrogen-bond acceptors (Lipinski definition) is 3. The molecule has 0 N–H and O–H groups in total. The second-order valence-electron chi connectivity index (χ2n) is 6.66. The molecule has 0 aliphatic carbocycles. The van der Waals surface area contributed by atoms with Gasteiger partial charge in [0.15, 0.2) is 0 Å². The van der Waals surface area contributed by atoms with E-state index in [1.54, 1.807) is 0 Å². The minimum Gasteiger partial charge on any atom is -0.252 e. The molecule has 0 amide bonds. The van der Waals surface area contributed by atoms with Crippen LogP contribution < -0.4 is 0 Å². The van der Waals surface area contributed by atoms with Gasteiger partial charge in [-0.3, -0.25) is 4.99 Å². The molecular formula is C21H20N2O2S. The third kappa shape index (κ3) is 3.41. The van der Waals surface area contributed by atoms with Crippen molar-refractivity contribution < 1.29 is 8.42 Å². The molecule has 2 heterocycles. The first-order valence-corrected chi connectivity index (χ1v) is 10.4. The van der Waals surface area contributed by atoms with E-state index in [0.29, 0.717) is 19.5 Å². The number of benzene rings is 2. The van der Waals surface area contributed by atoms with Gasteiger partial charge in [0.25, 0.3) is 0 Å². The fraction of sp³-hybridized carbons (Fsp3) is 0.190. The highest BCUT2D eigenvalue weighted by Gasteiger charge is 2.29. The van der Waals surface area contributed by atoms with Crippen LogP contribution in [0.4, 0.5) is 0 Å². The molecule has 2 aromatic carbocycles.